The molecule has 0 aliphatic rings. The number of hydrogen-bond acceptors (Lipinski definition) is 4. The molecular formula is C29H28F2N4O2. The molecule has 0 saturated carbocycles. The molecule has 2 unspecified atom stereocenters. The number of carbonyl (C=O) groups is 2. The van der Waals surface area contributed by atoms with Crippen molar-refractivity contribution < 1.29 is 18.4 Å². The molecule has 6 nitrogen and oxygen atoms in total. The van der Waals surface area contributed by atoms with Crippen LogP contribution >= 0.6 is 0 Å². The molecule has 0 aliphatic heterocycles. The largest absolute Gasteiger partial charge is 0.360 e. The molecule has 37 heavy (non-hydrogen) atoms. The molecule has 3 aromatic carbocycles. The molecule has 0 bridgehead atoms. The highest BCUT2D eigenvalue weighted by molar-refractivity contribution is 5.96. The Morgan fingerprint density at radius 2 is 1.73 bits per heavy atom. The number of aldehydes is 1. The second-order valence-corrected chi connectivity index (χ2v) is 8.76. The van der Waals surface area contributed by atoms with Crippen LogP contribution in [0.15, 0.2) is 78.9 Å². The van der Waals surface area contributed by atoms with E-state index in [1.54, 1.807) is 16.8 Å². The van der Waals surface area contributed by atoms with Gasteiger partial charge in [-0.1, -0.05) is 36.4 Å². The van der Waals surface area contributed by atoms with E-state index < -0.39 is 29.5 Å². The fraction of sp³-hybridized carbons (Fsp3) is 0.207. The van der Waals surface area contributed by atoms with E-state index in [4.69, 9.17) is 5.10 Å². The zero-order valence-corrected chi connectivity index (χ0v) is 20.9. The molecule has 1 amide bonds. The number of nitrogens with zero attached hydrogens (tertiary/aromatic N) is 3. The van der Waals surface area contributed by atoms with Crippen molar-refractivity contribution in [2.75, 3.05) is 18.5 Å². The van der Waals surface area contributed by atoms with Crippen LogP contribution in [0, 0.1) is 18.6 Å². The fourth-order valence-electron chi connectivity index (χ4n) is 4.44. The second-order valence-electron chi connectivity index (χ2n) is 8.76. The van der Waals surface area contributed by atoms with Crippen LogP contribution in [0.3, 0.4) is 0 Å². The van der Waals surface area contributed by atoms with Crippen LogP contribution in [0.2, 0.25) is 0 Å². The Kier molecular flexibility index (Phi) is 7.77. The zero-order chi connectivity index (χ0) is 26.5. The molecule has 8 heteroatoms. The predicted octanol–water partition coefficient (Wildman–Crippen LogP) is 5.04. The van der Waals surface area contributed by atoms with Gasteiger partial charge < -0.3 is 15.0 Å². The monoisotopic (exact) mass is 502 g/mol. The molecule has 1 N–H and O–H groups in total. The van der Waals surface area contributed by atoms with Crippen LogP contribution in [0.1, 0.15) is 40.0 Å². The van der Waals surface area contributed by atoms with E-state index in [-0.39, 0.29) is 5.56 Å². The van der Waals surface area contributed by atoms with Crippen molar-refractivity contribution in [3.63, 3.8) is 0 Å². The summed E-state index contributed by atoms with van der Waals surface area (Å²) in [6.45, 7) is 4.48. The molecule has 4 aromatic rings. The van der Waals surface area contributed by atoms with Crippen molar-refractivity contribution in [3.8, 4) is 5.69 Å². The molecule has 0 radical (unpaired) electrons. The molecule has 1 heterocycles. The maximum absolute atomic E-state index is 13.9. The third kappa shape index (κ3) is 5.43. The number of anilines is 1. The van der Waals surface area contributed by atoms with Gasteiger partial charge in [0.15, 0.2) is 0 Å². The number of carbonyl (C=O) groups excluding carboxylic acids is 2. The molecule has 190 valence electrons. The topological polar surface area (TPSA) is 67.2 Å². The van der Waals surface area contributed by atoms with Crippen LogP contribution in [-0.2, 0) is 4.79 Å². The number of para-hydroxylation sites is 1. The van der Waals surface area contributed by atoms with Crippen LogP contribution < -0.4 is 10.2 Å². The lowest BCUT2D eigenvalue weighted by Gasteiger charge is -2.28. The highest BCUT2D eigenvalue weighted by Gasteiger charge is 2.34. The van der Waals surface area contributed by atoms with E-state index >= 15 is 0 Å². The zero-order valence-electron chi connectivity index (χ0n) is 20.9. The van der Waals surface area contributed by atoms with E-state index in [2.05, 4.69) is 5.32 Å². The van der Waals surface area contributed by atoms with Gasteiger partial charge in [-0.15, -0.1) is 0 Å². The van der Waals surface area contributed by atoms with Crippen molar-refractivity contribution in [2.45, 2.75) is 25.8 Å². The third-order valence-electron chi connectivity index (χ3n) is 6.35. The van der Waals surface area contributed by atoms with E-state index in [1.807, 2.05) is 56.1 Å². The first-order chi connectivity index (χ1) is 17.8. The first kappa shape index (κ1) is 25.8. The summed E-state index contributed by atoms with van der Waals surface area (Å²) in [6.07, 6.45) is 0.653. The minimum absolute atomic E-state index is 0.0901. The summed E-state index contributed by atoms with van der Waals surface area (Å²) in [7, 11) is 1.92. The van der Waals surface area contributed by atoms with Crippen molar-refractivity contribution >= 4 is 18.0 Å². The Bertz CT molecular complexity index is 1390. The van der Waals surface area contributed by atoms with Crippen LogP contribution in [-0.4, -0.2) is 41.6 Å². The number of rotatable bonds is 9. The number of halogens is 2. The summed E-state index contributed by atoms with van der Waals surface area (Å²) in [5.41, 5.74) is 2.92. The molecule has 0 spiro atoms. The van der Waals surface area contributed by atoms with Gasteiger partial charge in [0, 0.05) is 30.6 Å². The van der Waals surface area contributed by atoms with Gasteiger partial charge in [-0.25, -0.2) is 13.5 Å². The second kappa shape index (κ2) is 11.2. The maximum Gasteiger partial charge on any atom is 0.251 e. The number of amides is 1. The van der Waals surface area contributed by atoms with Gasteiger partial charge in [-0.3, -0.25) is 4.79 Å². The maximum atomic E-state index is 13.9. The molecule has 0 fully saturated rings. The van der Waals surface area contributed by atoms with Crippen molar-refractivity contribution in [1.82, 2.24) is 15.1 Å². The number of benzene rings is 3. The number of nitrogens with one attached hydrogen (secondary N) is 1. The number of aromatic nitrogens is 2. The minimum Gasteiger partial charge on any atom is -0.360 e. The van der Waals surface area contributed by atoms with Gasteiger partial charge in [0.1, 0.15) is 23.7 Å². The SMILES string of the molecule is CCN(C)c1c(C(c2ccc(F)cc2)C(C=O)NC(=O)c2cccc(F)c2)c(C)nn1-c1ccccc1. The van der Waals surface area contributed by atoms with Crippen LogP contribution in [0.5, 0.6) is 0 Å². The molecule has 1 aromatic heterocycles. The van der Waals surface area contributed by atoms with Crippen LogP contribution in [0.25, 0.3) is 5.69 Å². The summed E-state index contributed by atoms with van der Waals surface area (Å²) < 4.78 is 29.4. The standard InChI is InChI=1S/C29H28F2N4O2/c1-4-34(3)29-26(19(2)33-35(29)24-11-6-5-7-12-24)27(20-13-15-22(30)16-14-20)25(18-36)32-28(37)21-9-8-10-23(31)17-21/h5-18,25,27H,4H2,1-3H3,(H,32,37). The first-order valence-corrected chi connectivity index (χ1v) is 12.0. The quantitative estimate of drug-likeness (QED) is 0.326. The van der Waals surface area contributed by atoms with E-state index in [1.165, 1.54) is 30.3 Å². The van der Waals surface area contributed by atoms with E-state index in [0.717, 1.165) is 23.1 Å². The summed E-state index contributed by atoms with van der Waals surface area (Å²) in [6, 6.07) is 19.6. The van der Waals surface area contributed by atoms with Gasteiger partial charge >= 0.3 is 0 Å². The van der Waals surface area contributed by atoms with Gasteiger partial charge in [0.2, 0.25) is 0 Å². The van der Waals surface area contributed by atoms with Gasteiger partial charge in [0.05, 0.1) is 17.4 Å². The van der Waals surface area contributed by atoms with Crippen molar-refractivity contribution in [1.29, 1.82) is 0 Å². The van der Waals surface area contributed by atoms with Gasteiger partial charge in [-0.05, 0) is 61.9 Å². The average Bonchev–Trinajstić information content (AvgIpc) is 3.25. The summed E-state index contributed by atoms with van der Waals surface area (Å²) in [5, 5.41) is 7.56. The average molecular weight is 503 g/mol. The number of hydrogen-bond donors (Lipinski definition) is 1. The molecule has 4 rings (SSSR count). The Morgan fingerprint density at radius 1 is 1.03 bits per heavy atom. The summed E-state index contributed by atoms with van der Waals surface area (Å²) >= 11 is 0. The molecule has 0 saturated heterocycles. The highest BCUT2D eigenvalue weighted by Crippen LogP contribution is 2.38. The Morgan fingerprint density at radius 3 is 2.35 bits per heavy atom. The highest BCUT2D eigenvalue weighted by atomic mass is 19.1. The molecule has 0 aliphatic carbocycles. The van der Waals surface area contributed by atoms with Gasteiger partial charge in [0.25, 0.3) is 5.91 Å². The Labute approximate surface area is 214 Å². The third-order valence-corrected chi connectivity index (χ3v) is 6.35. The molecular weight excluding hydrogens is 474 g/mol. The fourth-order valence-corrected chi connectivity index (χ4v) is 4.44. The van der Waals surface area contributed by atoms with Crippen molar-refractivity contribution in [3.05, 3.63) is 113 Å². The smallest absolute Gasteiger partial charge is 0.251 e. The number of aryl methyl sites for hydroxylation is 1. The Hall–Kier alpha value is -4.33. The van der Waals surface area contributed by atoms with E-state index in [9.17, 15) is 18.4 Å². The van der Waals surface area contributed by atoms with E-state index in [0.29, 0.717) is 24.1 Å². The van der Waals surface area contributed by atoms with Crippen LogP contribution in [0.4, 0.5) is 14.6 Å². The lowest BCUT2D eigenvalue weighted by Crippen LogP contribution is -2.41. The van der Waals surface area contributed by atoms with Crippen molar-refractivity contribution in [2.24, 2.45) is 0 Å². The summed E-state index contributed by atoms with van der Waals surface area (Å²) in [4.78, 5) is 27.6. The Balaban J connectivity index is 1.89. The minimum atomic E-state index is -1.04. The summed E-state index contributed by atoms with van der Waals surface area (Å²) in [5.74, 6) is -1.53. The normalized spacial score (nSPS) is 12.6. The first-order valence-electron chi connectivity index (χ1n) is 12.0. The molecule has 2 atom stereocenters. The van der Waals surface area contributed by atoms with Gasteiger partial charge in [-0.2, -0.15) is 5.10 Å². The lowest BCUT2D eigenvalue weighted by molar-refractivity contribution is -0.109. The lowest BCUT2D eigenvalue weighted by atomic mass is 9.84. The predicted molar refractivity (Wildman–Crippen MR) is 139 cm³/mol.